The summed E-state index contributed by atoms with van der Waals surface area (Å²) in [6.07, 6.45) is 3.18. The van der Waals surface area contributed by atoms with E-state index in [1.165, 1.54) is 16.8 Å². The van der Waals surface area contributed by atoms with E-state index in [0.717, 1.165) is 6.42 Å². The second-order valence-electron chi connectivity index (χ2n) is 4.03. The van der Waals surface area contributed by atoms with Crippen LogP contribution in [0.15, 0.2) is 16.9 Å². The van der Waals surface area contributed by atoms with Crippen molar-refractivity contribution in [2.45, 2.75) is 6.42 Å². The summed E-state index contributed by atoms with van der Waals surface area (Å²) >= 11 is 5.78. The summed E-state index contributed by atoms with van der Waals surface area (Å²) in [5.74, 6) is 0.184. The normalized spacial score (nSPS) is 24.2. The molecule has 0 aliphatic carbocycles. The van der Waals surface area contributed by atoms with Gasteiger partial charge in [0.2, 0.25) is 10.0 Å². The van der Waals surface area contributed by atoms with Crippen molar-refractivity contribution in [2.24, 2.45) is 22.4 Å². The number of hydrogen-bond donors (Lipinski definition) is 2. The Hall–Kier alpha value is -0.790. The highest BCUT2D eigenvalue weighted by molar-refractivity contribution is 7.88. The molecule has 98 valence electrons. The molecule has 1 atom stereocenters. The van der Waals surface area contributed by atoms with E-state index in [-0.39, 0.29) is 16.8 Å². The molecule has 0 bridgehead atoms. The number of halogens is 1. The van der Waals surface area contributed by atoms with Gasteiger partial charge in [-0.05, 0) is 12.3 Å². The fraction of sp³-hybridized carbons (Fsp3) is 0.667. The van der Waals surface area contributed by atoms with Gasteiger partial charge in [-0.3, -0.25) is 4.99 Å². The molecular formula is C9H17ClN4O2S. The summed E-state index contributed by atoms with van der Waals surface area (Å²) in [5.41, 5.74) is 10.9. The fourth-order valence-electron chi connectivity index (χ4n) is 1.62. The molecule has 1 aliphatic heterocycles. The van der Waals surface area contributed by atoms with Crippen LogP contribution in [-0.2, 0) is 10.0 Å². The molecule has 8 heteroatoms. The second-order valence-corrected chi connectivity index (χ2v) is 6.37. The van der Waals surface area contributed by atoms with E-state index in [4.69, 9.17) is 23.1 Å². The quantitative estimate of drug-likeness (QED) is 0.688. The van der Waals surface area contributed by atoms with Crippen LogP contribution in [0.25, 0.3) is 0 Å². The summed E-state index contributed by atoms with van der Waals surface area (Å²) < 4.78 is 24.0. The molecule has 0 aromatic carbocycles. The Morgan fingerprint density at radius 1 is 1.65 bits per heavy atom. The van der Waals surface area contributed by atoms with Crippen LogP contribution in [0.2, 0.25) is 0 Å². The third-order valence-corrected chi connectivity index (χ3v) is 4.23. The number of nitrogens with two attached hydrogens (primary N) is 2. The van der Waals surface area contributed by atoms with Crippen molar-refractivity contribution in [2.75, 3.05) is 25.9 Å². The molecule has 0 aromatic rings. The molecule has 1 heterocycles. The second kappa shape index (κ2) is 5.70. The van der Waals surface area contributed by atoms with Gasteiger partial charge in [0.1, 0.15) is 5.17 Å². The van der Waals surface area contributed by atoms with E-state index in [2.05, 4.69) is 4.99 Å². The van der Waals surface area contributed by atoms with Crippen molar-refractivity contribution in [1.82, 2.24) is 4.31 Å². The Bertz CT molecular complexity index is 432. The summed E-state index contributed by atoms with van der Waals surface area (Å²) in [4.78, 5) is 4.08. The predicted octanol–water partition coefficient (Wildman–Crippen LogP) is -0.336. The van der Waals surface area contributed by atoms with Gasteiger partial charge in [-0.2, -0.15) is 0 Å². The fourth-order valence-corrected chi connectivity index (χ4v) is 2.67. The Labute approximate surface area is 106 Å². The zero-order chi connectivity index (χ0) is 13.1. The van der Waals surface area contributed by atoms with Gasteiger partial charge in [-0.25, -0.2) is 12.7 Å². The maximum Gasteiger partial charge on any atom is 0.211 e. The maximum absolute atomic E-state index is 11.3. The molecule has 0 saturated carbocycles. The number of rotatable bonds is 4. The van der Waals surface area contributed by atoms with Crippen LogP contribution in [0.1, 0.15) is 6.42 Å². The molecular weight excluding hydrogens is 264 g/mol. The minimum Gasteiger partial charge on any atom is -0.403 e. The summed E-state index contributed by atoms with van der Waals surface area (Å²) in [6, 6.07) is 0. The standard InChI is InChI=1S/C9H17ClN4O2S/c1-17(15,16)14-3-2-7(6-14)5-13-9(10)8(12)4-11/h4,7H,2-3,5-6,11-12H2,1H3/b8-4+,13-9?/t7-/m1/s1. The first-order valence-electron chi connectivity index (χ1n) is 5.17. The van der Waals surface area contributed by atoms with Gasteiger partial charge >= 0.3 is 0 Å². The number of aliphatic imine (C=N–C) groups is 1. The monoisotopic (exact) mass is 280 g/mol. The van der Waals surface area contributed by atoms with Gasteiger partial charge < -0.3 is 11.5 Å². The first-order chi connectivity index (χ1) is 7.84. The summed E-state index contributed by atoms with van der Waals surface area (Å²) in [5, 5.41) is 0.172. The third-order valence-electron chi connectivity index (χ3n) is 2.62. The number of hydrogen-bond acceptors (Lipinski definition) is 5. The average molecular weight is 281 g/mol. The van der Waals surface area contributed by atoms with Crippen molar-refractivity contribution < 1.29 is 8.42 Å². The minimum absolute atomic E-state index is 0.172. The molecule has 1 saturated heterocycles. The van der Waals surface area contributed by atoms with Crippen LogP contribution in [-0.4, -0.2) is 43.8 Å². The van der Waals surface area contributed by atoms with E-state index in [0.29, 0.717) is 19.6 Å². The third kappa shape index (κ3) is 4.18. The van der Waals surface area contributed by atoms with Crippen LogP contribution < -0.4 is 11.5 Å². The predicted molar refractivity (Wildman–Crippen MR) is 69.1 cm³/mol. The minimum atomic E-state index is -3.10. The van der Waals surface area contributed by atoms with Crippen LogP contribution in [0.4, 0.5) is 0 Å². The number of sulfonamides is 1. The number of nitrogens with zero attached hydrogens (tertiary/aromatic N) is 2. The average Bonchev–Trinajstić information content (AvgIpc) is 2.72. The van der Waals surface area contributed by atoms with Crippen molar-refractivity contribution in [1.29, 1.82) is 0 Å². The van der Waals surface area contributed by atoms with E-state index in [1.807, 2.05) is 0 Å². The Morgan fingerprint density at radius 2 is 2.29 bits per heavy atom. The van der Waals surface area contributed by atoms with Gasteiger partial charge in [-0.1, -0.05) is 11.6 Å². The lowest BCUT2D eigenvalue weighted by atomic mass is 10.1. The zero-order valence-electron chi connectivity index (χ0n) is 9.63. The molecule has 1 fully saturated rings. The van der Waals surface area contributed by atoms with Gasteiger partial charge in [0, 0.05) is 25.8 Å². The van der Waals surface area contributed by atoms with Crippen molar-refractivity contribution >= 4 is 26.8 Å². The highest BCUT2D eigenvalue weighted by atomic mass is 35.5. The van der Waals surface area contributed by atoms with Gasteiger partial charge in [0.25, 0.3) is 0 Å². The van der Waals surface area contributed by atoms with Crippen molar-refractivity contribution in [3.05, 3.63) is 11.9 Å². The lowest BCUT2D eigenvalue weighted by Crippen LogP contribution is -2.27. The van der Waals surface area contributed by atoms with E-state index in [9.17, 15) is 8.42 Å². The Balaban J connectivity index is 2.52. The molecule has 6 nitrogen and oxygen atoms in total. The molecule has 0 unspecified atom stereocenters. The molecule has 0 aromatic heterocycles. The molecule has 0 amide bonds. The van der Waals surface area contributed by atoms with E-state index < -0.39 is 10.0 Å². The van der Waals surface area contributed by atoms with Crippen LogP contribution in [0.3, 0.4) is 0 Å². The van der Waals surface area contributed by atoms with Crippen LogP contribution >= 0.6 is 11.6 Å². The molecule has 1 rings (SSSR count). The van der Waals surface area contributed by atoms with E-state index in [1.54, 1.807) is 0 Å². The van der Waals surface area contributed by atoms with Crippen molar-refractivity contribution in [3.8, 4) is 0 Å². The molecule has 0 radical (unpaired) electrons. The highest BCUT2D eigenvalue weighted by Crippen LogP contribution is 2.19. The molecule has 4 N–H and O–H groups in total. The lowest BCUT2D eigenvalue weighted by molar-refractivity contribution is 0.464. The van der Waals surface area contributed by atoms with Gasteiger partial charge in [0.05, 0.1) is 12.0 Å². The molecule has 17 heavy (non-hydrogen) atoms. The Morgan fingerprint density at radius 3 is 2.76 bits per heavy atom. The first-order valence-corrected chi connectivity index (χ1v) is 7.40. The van der Waals surface area contributed by atoms with Crippen LogP contribution in [0.5, 0.6) is 0 Å². The highest BCUT2D eigenvalue weighted by Gasteiger charge is 2.28. The van der Waals surface area contributed by atoms with Crippen LogP contribution in [0, 0.1) is 5.92 Å². The summed E-state index contributed by atoms with van der Waals surface area (Å²) in [7, 11) is -3.10. The SMILES string of the molecule is CS(=O)(=O)N1CC[C@H](CN=C(Cl)/C(N)=C\N)C1. The van der Waals surface area contributed by atoms with Crippen molar-refractivity contribution in [3.63, 3.8) is 0 Å². The summed E-state index contributed by atoms with van der Waals surface area (Å²) in [6.45, 7) is 1.48. The topological polar surface area (TPSA) is 102 Å². The smallest absolute Gasteiger partial charge is 0.211 e. The maximum atomic E-state index is 11.3. The van der Waals surface area contributed by atoms with E-state index >= 15 is 0 Å². The van der Waals surface area contributed by atoms with Gasteiger partial charge in [0.15, 0.2) is 0 Å². The lowest BCUT2D eigenvalue weighted by Gasteiger charge is -2.12. The first kappa shape index (κ1) is 14.3. The van der Waals surface area contributed by atoms with Gasteiger partial charge in [-0.15, -0.1) is 0 Å². The Kier molecular flexibility index (Phi) is 4.79. The largest absolute Gasteiger partial charge is 0.403 e. The zero-order valence-corrected chi connectivity index (χ0v) is 11.2. The molecule has 0 spiro atoms. The molecule has 1 aliphatic rings. The number of allylic oxidation sites excluding steroid dienone is 1.